The Hall–Kier alpha value is -2.14. The van der Waals surface area contributed by atoms with Crippen LogP contribution in [0.25, 0.3) is 0 Å². The molecule has 0 aliphatic heterocycles. The highest BCUT2D eigenvalue weighted by molar-refractivity contribution is 7.84. The topological polar surface area (TPSA) is 66.4 Å². The molecule has 2 N–H and O–H groups in total. The van der Waals surface area contributed by atoms with Crippen molar-refractivity contribution in [2.75, 3.05) is 12.0 Å². The highest BCUT2D eigenvalue weighted by Gasteiger charge is 2.17. The van der Waals surface area contributed by atoms with Crippen molar-refractivity contribution < 1.29 is 14.1 Å². The van der Waals surface area contributed by atoms with Crippen LogP contribution in [-0.4, -0.2) is 27.2 Å². The second-order valence-corrected chi connectivity index (χ2v) is 6.56. The number of carbonyl (C=O) groups is 1. The van der Waals surface area contributed by atoms with Gasteiger partial charge in [-0.05, 0) is 11.6 Å². The van der Waals surface area contributed by atoms with Crippen LogP contribution in [0, 0.1) is 0 Å². The van der Waals surface area contributed by atoms with Gasteiger partial charge in [-0.2, -0.15) is 0 Å². The first-order valence-electron chi connectivity index (χ1n) is 6.97. The summed E-state index contributed by atoms with van der Waals surface area (Å²) in [4.78, 5) is 12.2. The van der Waals surface area contributed by atoms with Crippen molar-refractivity contribution in [3.63, 3.8) is 0 Å². The summed E-state index contributed by atoms with van der Waals surface area (Å²) in [7, 11) is -1.03. The smallest absolute Gasteiger partial charge is 0.225 e. The summed E-state index contributed by atoms with van der Waals surface area (Å²) in [5.74, 6) is 0.255. The number of carbonyl (C=O) groups excluding carboxylic acids is 1. The van der Waals surface area contributed by atoms with Gasteiger partial charge in [0.15, 0.2) is 0 Å². The Labute approximate surface area is 132 Å². The standard InChI is InChI=1S/C17H19NO3S/c1-22(21)12-15(13-7-3-2-4-8-13)18-17(20)11-14-9-5-6-10-16(14)19/h2-10,15,19H,11-12H2,1H3,(H,18,20)/t15-,22-/m0/s1. The molecule has 0 saturated heterocycles. The lowest BCUT2D eigenvalue weighted by Gasteiger charge is -2.18. The number of hydrogen-bond acceptors (Lipinski definition) is 3. The van der Waals surface area contributed by atoms with Crippen molar-refractivity contribution in [3.05, 3.63) is 65.7 Å². The van der Waals surface area contributed by atoms with E-state index in [2.05, 4.69) is 5.32 Å². The molecule has 22 heavy (non-hydrogen) atoms. The van der Waals surface area contributed by atoms with Crippen molar-refractivity contribution in [2.24, 2.45) is 0 Å². The summed E-state index contributed by atoms with van der Waals surface area (Å²) in [5.41, 5.74) is 1.49. The molecular formula is C17H19NO3S. The SMILES string of the molecule is C[S@](=O)C[C@H](NC(=O)Cc1ccccc1O)c1ccccc1. The number of para-hydroxylation sites is 1. The molecule has 116 valence electrons. The first-order chi connectivity index (χ1) is 10.6. The molecule has 0 fully saturated rings. The zero-order valence-electron chi connectivity index (χ0n) is 12.4. The molecule has 0 saturated carbocycles. The van der Waals surface area contributed by atoms with Crippen LogP contribution in [-0.2, 0) is 22.0 Å². The van der Waals surface area contributed by atoms with E-state index in [-0.39, 0.29) is 24.1 Å². The second-order valence-electron chi connectivity index (χ2n) is 5.08. The first-order valence-corrected chi connectivity index (χ1v) is 8.70. The predicted molar refractivity (Wildman–Crippen MR) is 88.1 cm³/mol. The van der Waals surface area contributed by atoms with Gasteiger partial charge in [-0.25, -0.2) is 0 Å². The average molecular weight is 317 g/mol. The molecule has 0 bridgehead atoms. The Balaban J connectivity index is 2.08. The van der Waals surface area contributed by atoms with Gasteiger partial charge in [0.2, 0.25) is 5.91 Å². The van der Waals surface area contributed by atoms with Crippen LogP contribution in [0.5, 0.6) is 5.75 Å². The number of rotatable bonds is 6. The molecule has 0 aliphatic rings. The van der Waals surface area contributed by atoms with Gasteiger partial charge < -0.3 is 10.4 Å². The maximum absolute atomic E-state index is 12.2. The van der Waals surface area contributed by atoms with Gasteiger partial charge in [-0.3, -0.25) is 9.00 Å². The third-order valence-corrected chi connectivity index (χ3v) is 4.08. The van der Waals surface area contributed by atoms with Gasteiger partial charge in [0.05, 0.1) is 12.5 Å². The lowest BCUT2D eigenvalue weighted by atomic mass is 10.1. The highest BCUT2D eigenvalue weighted by atomic mass is 32.2. The van der Waals surface area contributed by atoms with Crippen LogP contribution in [0.1, 0.15) is 17.2 Å². The molecule has 2 rings (SSSR count). The molecule has 2 atom stereocenters. The zero-order valence-corrected chi connectivity index (χ0v) is 13.2. The summed E-state index contributed by atoms with van der Waals surface area (Å²) in [6.07, 6.45) is 1.71. The summed E-state index contributed by atoms with van der Waals surface area (Å²) < 4.78 is 11.5. The second kappa shape index (κ2) is 7.75. The van der Waals surface area contributed by atoms with E-state index in [9.17, 15) is 14.1 Å². The van der Waals surface area contributed by atoms with Crippen molar-refractivity contribution >= 4 is 16.7 Å². The number of hydrogen-bond donors (Lipinski definition) is 2. The number of phenols is 1. The number of benzene rings is 2. The lowest BCUT2D eigenvalue weighted by Crippen LogP contribution is -2.33. The minimum absolute atomic E-state index is 0.0896. The fraction of sp³-hybridized carbons (Fsp3) is 0.235. The maximum atomic E-state index is 12.2. The Morgan fingerprint density at radius 1 is 1.14 bits per heavy atom. The van der Waals surface area contributed by atoms with Gasteiger partial charge >= 0.3 is 0 Å². The van der Waals surface area contributed by atoms with Crippen LogP contribution in [0.4, 0.5) is 0 Å². The fourth-order valence-electron chi connectivity index (χ4n) is 2.22. The van der Waals surface area contributed by atoms with Gasteiger partial charge in [0, 0.05) is 28.4 Å². The van der Waals surface area contributed by atoms with E-state index in [1.807, 2.05) is 30.3 Å². The van der Waals surface area contributed by atoms with E-state index in [4.69, 9.17) is 0 Å². The maximum Gasteiger partial charge on any atom is 0.225 e. The molecule has 0 radical (unpaired) electrons. The molecular weight excluding hydrogens is 298 g/mol. The van der Waals surface area contributed by atoms with E-state index >= 15 is 0 Å². The summed E-state index contributed by atoms with van der Waals surface area (Å²) in [6, 6.07) is 15.9. The molecule has 0 aliphatic carbocycles. The van der Waals surface area contributed by atoms with Gasteiger partial charge in [0.1, 0.15) is 5.75 Å². The normalized spacial score (nSPS) is 13.3. The van der Waals surface area contributed by atoms with Gasteiger partial charge in [-0.15, -0.1) is 0 Å². The summed E-state index contributed by atoms with van der Waals surface area (Å²) >= 11 is 0. The van der Waals surface area contributed by atoms with Crippen LogP contribution >= 0.6 is 0 Å². The van der Waals surface area contributed by atoms with E-state index in [1.165, 1.54) is 0 Å². The average Bonchev–Trinajstić information content (AvgIpc) is 2.49. The number of phenolic OH excluding ortho intramolecular Hbond substituents is 1. The molecule has 1 amide bonds. The third kappa shape index (κ3) is 4.70. The molecule has 2 aromatic carbocycles. The van der Waals surface area contributed by atoms with Gasteiger partial charge in [0.25, 0.3) is 0 Å². The summed E-state index contributed by atoms with van der Waals surface area (Å²) in [6.45, 7) is 0. The molecule has 0 heterocycles. The van der Waals surface area contributed by atoms with E-state index in [1.54, 1.807) is 30.5 Å². The minimum Gasteiger partial charge on any atom is -0.508 e. The Morgan fingerprint density at radius 2 is 1.77 bits per heavy atom. The van der Waals surface area contributed by atoms with E-state index in [0.717, 1.165) is 5.56 Å². The lowest BCUT2D eigenvalue weighted by molar-refractivity contribution is -0.121. The quantitative estimate of drug-likeness (QED) is 0.858. The minimum atomic E-state index is -1.03. The predicted octanol–water partition coefficient (Wildman–Crippen LogP) is 2.17. The fourth-order valence-corrected chi connectivity index (χ4v) is 2.97. The van der Waals surface area contributed by atoms with Gasteiger partial charge in [-0.1, -0.05) is 48.5 Å². The molecule has 5 heteroatoms. The molecule has 0 unspecified atom stereocenters. The van der Waals surface area contributed by atoms with Crippen molar-refractivity contribution in [2.45, 2.75) is 12.5 Å². The monoisotopic (exact) mass is 317 g/mol. The zero-order chi connectivity index (χ0) is 15.9. The van der Waals surface area contributed by atoms with Crippen molar-refractivity contribution in [3.8, 4) is 5.75 Å². The van der Waals surface area contributed by atoms with Crippen LogP contribution in [0.2, 0.25) is 0 Å². The Bertz CT molecular complexity index is 658. The molecule has 2 aromatic rings. The van der Waals surface area contributed by atoms with Crippen LogP contribution in [0.15, 0.2) is 54.6 Å². The molecule has 0 spiro atoms. The molecule has 4 nitrogen and oxygen atoms in total. The Morgan fingerprint density at radius 3 is 2.41 bits per heavy atom. The Kier molecular flexibility index (Phi) is 5.72. The van der Waals surface area contributed by atoms with E-state index < -0.39 is 10.8 Å². The first kappa shape index (κ1) is 16.2. The number of nitrogens with one attached hydrogen (secondary N) is 1. The van der Waals surface area contributed by atoms with E-state index in [0.29, 0.717) is 11.3 Å². The van der Waals surface area contributed by atoms with Crippen molar-refractivity contribution in [1.29, 1.82) is 0 Å². The van der Waals surface area contributed by atoms with Crippen molar-refractivity contribution in [1.82, 2.24) is 5.32 Å². The number of aromatic hydroxyl groups is 1. The molecule has 0 aromatic heterocycles. The third-order valence-electron chi connectivity index (χ3n) is 3.28. The number of amides is 1. The largest absolute Gasteiger partial charge is 0.508 e. The van der Waals surface area contributed by atoms with Crippen LogP contribution < -0.4 is 5.32 Å². The highest BCUT2D eigenvalue weighted by Crippen LogP contribution is 2.18. The summed E-state index contributed by atoms with van der Waals surface area (Å²) in [5, 5.41) is 12.6. The van der Waals surface area contributed by atoms with Crippen LogP contribution in [0.3, 0.4) is 0 Å².